The van der Waals surface area contributed by atoms with Gasteiger partial charge in [-0.3, -0.25) is 0 Å². The Labute approximate surface area is 115 Å². The van der Waals surface area contributed by atoms with Gasteiger partial charge in [-0.15, -0.1) is 0 Å². The minimum Gasteiger partial charge on any atom is -0.497 e. The van der Waals surface area contributed by atoms with Crippen molar-refractivity contribution in [3.63, 3.8) is 0 Å². The second-order valence-electron chi connectivity index (χ2n) is 4.87. The monoisotopic (exact) mass is 283 g/mol. The predicted molar refractivity (Wildman–Crippen MR) is 75.3 cm³/mol. The fraction of sp³-hybridized carbons (Fsp3) is 0.571. The first-order valence-corrected chi connectivity index (χ1v) is 8.38. The Morgan fingerprint density at radius 3 is 2.89 bits per heavy atom. The average molecular weight is 283 g/mol. The average Bonchev–Trinajstić information content (AvgIpc) is 2.53. The van der Waals surface area contributed by atoms with Gasteiger partial charge in [0.15, 0.2) is 9.84 Å². The highest BCUT2D eigenvalue weighted by atomic mass is 32.2. The molecule has 0 saturated heterocycles. The van der Waals surface area contributed by atoms with Crippen molar-refractivity contribution in [1.82, 2.24) is 5.32 Å². The first-order valence-electron chi connectivity index (χ1n) is 6.72. The minimum absolute atomic E-state index is 0.0994. The summed E-state index contributed by atoms with van der Waals surface area (Å²) in [5.41, 5.74) is 0.852. The Morgan fingerprint density at radius 2 is 2.21 bits per heavy atom. The first kappa shape index (κ1) is 14.3. The van der Waals surface area contributed by atoms with E-state index in [1.165, 1.54) is 0 Å². The maximum absolute atomic E-state index is 12.2. The SMILES string of the molecule is CCCNC1CCCS(=O)(=O)c2ccc(OC)cc21. The molecule has 5 heteroatoms. The molecular weight excluding hydrogens is 262 g/mol. The van der Waals surface area contributed by atoms with Crippen LogP contribution in [0.15, 0.2) is 23.1 Å². The van der Waals surface area contributed by atoms with Gasteiger partial charge in [-0.2, -0.15) is 0 Å². The number of hydrogen-bond acceptors (Lipinski definition) is 4. The van der Waals surface area contributed by atoms with Crippen molar-refractivity contribution in [1.29, 1.82) is 0 Å². The van der Waals surface area contributed by atoms with Crippen molar-refractivity contribution in [2.75, 3.05) is 19.4 Å². The molecule has 1 atom stereocenters. The number of rotatable bonds is 4. The molecule has 0 spiro atoms. The lowest BCUT2D eigenvalue weighted by Crippen LogP contribution is -2.22. The molecule has 0 saturated carbocycles. The third-order valence-corrected chi connectivity index (χ3v) is 5.34. The van der Waals surface area contributed by atoms with Crippen molar-refractivity contribution in [3.8, 4) is 5.75 Å². The lowest BCUT2D eigenvalue weighted by atomic mass is 10.0. The number of ether oxygens (including phenoxy) is 1. The highest BCUT2D eigenvalue weighted by molar-refractivity contribution is 7.91. The minimum atomic E-state index is -3.16. The zero-order chi connectivity index (χ0) is 13.9. The zero-order valence-corrected chi connectivity index (χ0v) is 12.3. The Bertz CT molecular complexity index is 540. The molecule has 0 bridgehead atoms. The summed E-state index contributed by atoms with van der Waals surface area (Å²) in [5.74, 6) is 0.940. The Morgan fingerprint density at radius 1 is 1.42 bits per heavy atom. The molecule has 0 aromatic heterocycles. The van der Waals surface area contributed by atoms with E-state index in [9.17, 15) is 8.42 Å². The summed E-state index contributed by atoms with van der Waals surface area (Å²) in [6, 6.07) is 5.35. The van der Waals surface area contributed by atoms with Crippen molar-refractivity contribution >= 4 is 9.84 Å². The molecule has 1 unspecified atom stereocenters. The number of fused-ring (bicyclic) bond motifs is 1. The largest absolute Gasteiger partial charge is 0.497 e. The van der Waals surface area contributed by atoms with Gasteiger partial charge in [0.25, 0.3) is 0 Å². The Balaban J connectivity index is 2.46. The molecule has 0 amide bonds. The van der Waals surface area contributed by atoms with E-state index >= 15 is 0 Å². The van der Waals surface area contributed by atoms with Crippen LogP contribution in [-0.4, -0.2) is 27.8 Å². The molecule has 1 aliphatic rings. The Hall–Kier alpha value is -1.07. The van der Waals surface area contributed by atoms with Crippen LogP contribution in [0.4, 0.5) is 0 Å². The second kappa shape index (κ2) is 5.92. The molecule has 1 heterocycles. The summed E-state index contributed by atoms with van der Waals surface area (Å²) in [4.78, 5) is 0.458. The van der Waals surface area contributed by atoms with Crippen LogP contribution in [0, 0.1) is 0 Å². The molecule has 0 aliphatic carbocycles. The van der Waals surface area contributed by atoms with Crippen LogP contribution in [-0.2, 0) is 9.84 Å². The molecule has 1 aromatic carbocycles. The van der Waals surface area contributed by atoms with Crippen molar-refractivity contribution in [3.05, 3.63) is 23.8 Å². The van der Waals surface area contributed by atoms with Crippen LogP contribution in [0.3, 0.4) is 0 Å². The molecule has 1 aromatic rings. The summed E-state index contributed by atoms with van der Waals surface area (Å²) in [5, 5.41) is 3.44. The molecule has 106 valence electrons. The van der Waals surface area contributed by atoms with E-state index in [-0.39, 0.29) is 11.8 Å². The van der Waals surface area contributed by atoms with E-state index in [2.05, 4.69) is 12.2 Å². The van der Waals surface area contributed by atoms with E-state index < -0.39 is 9.84 Å². The van der Waals surface area contributed by atoms with E-state index in [1.807, 2.05) is 6.07 Å². The molecule has 0 fully saturated rings. The molecular formula is C14H21NO3S. The number of hydrogen-bond donors (Lipinski definition) is 1. The van der Waals surface area contributed by atoms with E-state index in [0.29, 0.717) is 17.1 Å². The van der Waals surface area contributed by atoms with Crippen LogP contribution < -0.4 is 10.1 Å². The second-order valence-corrected chi connectivity index (χ2v) is 6.95. The topological polar surface area (TPSA) is 55.4 Å². The zero-order valence-electron chi connectivity index (χ0n) is 11.5. The summed E-state index contributed by atoms with van der Waals surface area (Å²) in [6.45, 7) is 2.99. The fourth-order valence-corrected chi connectivity index (χ4v) is 4.08. The van der Waals surface area contributed by atoms with E-state index in [0.717, 1.165) is 24.9 Å². The number of methoxy groups -OCH3 is 1. The van der Waals surface area contributed by atoms with E-state index in [4.69, 9.17) is 4.74 Å². The van der Waals surface area contributed by atoms with Crippen LogP contribution in [0.5, 0.6) is 5.75 Å². The predicted octanol–water partition coefficient (Wildman–Crippen LogP) is 2.30. The van der Waals surface area contributed by atoms with Crippen molar-refractivity contribution in [2.24, 2.45) is 0 Å². The van der Waals surface area contributed by atoms with Gasteiger partial charge in [-0.1, -0.05) is 6.92 Å². The van der Waals surface area contributed by atoms with Gasteiger partial charge in [-0.25, -0.2) is 8.42 Å². The van der Waals surface area contributed by atoms with Crippen molar-refractivity contribution < 1.29 is 13.2 Å². The lowest BCUT2D eigenvalue weighted by molar-refractivity contribution is 0.411. The highest BCUT2D eigenvalue weighted by Crippen LogP contribution is 2.33. The van der Waals surface area contributed by atoms with Gasteiger partial charge < -0.3 is 10.1 Å². The van der Waals surface area contributed by atoms with Gasteiger partial charge in [0, 0.05) is 6.04 Å². The smallest absolute Gasteiger partial charge is 0.178 e. The van der Waals surface area contributed by atoms with Gasteiger partial charge in [0.05, 0.1) is 17.8 Å². The summed E-state index contributed by atoms with van der Waals surface area (Å²) < 4.78 is 29.7. The Kier molecular flexibility index (Phi) is 4.47. The van der Waals surface area contributed by atoms with Crippen LogP contribution in [0.1, 0.15) is 37.8 Å². The highest BCUT2D eigenvalue weighted by Gasteiger charge is 2.27. The fourth-order valence-electron chi connectivity index (χ4n) is 2.48. The third-order valence-electron chi connectivity index (χ3n) is 3.47. The van der Waals surface area contributed by atoms with Crippen LogP contribution in [0.25, 0.3) is 0 Å². The van der Waals surface area contributed by atoms with Crippen molar-refractivity contribution in [2.45, 2.75) is 37.1 Å². The summed E-state index contributed by atoms with van der Waals surface area (Å²) in [7, 11) is -1.56. The lowest BCUT2D eigenvalue weighted by Gasteiger charge is -2.19. The van der Waals surface area contributed by atoms with Gasteiger partial charge in [0.2, 0.25) is 0 Å². The molecule has 19 heavy (non-hydrogen) atoms. The van der Waals surface area contributed by atoms with Crippen LogP contribution in [0.2, 0.25) is 0 Å². The normalized spacial score (nSPS) is 21.5. The molecule has 0 radical (unpaired) electrons. The molecule has 4 nitrogen and oxygen atoms in total. The first-order chi connectivity index (χ1) is 9.08. The molecule has 2 rings (SSSR count). The maximum atomic E-state index is 12.2. The summed E-state index contributed by atoms with van der Waals surface area (Å²) >= 11 is 0. The van der Waals surface area contributed by atoms with Gasteiger partial charge in [-0.05, 0) is 49.6 Å². The third kappa shape index (κ3) is 3.09. The standard InChI is InChI=1S/C14H21NO3S/c1-3-8-15-13-5-4-9-19(16,17)14-7-6-11(18-2)10-12(13)14/h6-7,10,13,15H,3-5,8-9H2,1-2H3. The number of nitrogens with one attached hydrogen (secondary N) is 1. The number of benzene rings is 1. The maximum Gasteiger partial charge on any atom is 0.178 e. The van der Waals surface area contributed by atoms with Gasteiger partial charge >= 0.3 is 0 Å². The molecule has 1 N–H and O–H groups in total. The van der Waals surface area contributed by atoms with Crippen LogP contribution >= 0.6 is 0 Å². The number of sulfone groups is 1. The molecule has 1 aliphatic heterocycles. The quantitative estimate of drug-likeness (QED) is 0.921. The van der Waals surface area contributed by atoms with E-state index in [1.54, 1.807) is 19.2 Å². The van der Waals surface area contributed by atoms with Gasteiger partial charge in [0.1, 0.15) is 5.75 Å². The summed E-state index contributed by atoms with van der Waals surface area (Å²) in [6.07, 6.45) is 2.57.